The second-order valence-corrected chi connectivity index (χ2v) is 5.24. The van der Waals surface area contributed by atoms with E-state index >= 15 is 0 Å². The zero-order valence-corrected chi connectivity index (χ0v) is 11.0. The molecule has 2 N–H and O–H groups in total. The van der Waals surface area contributed by atoms with Gasteiger partial charge in [0.25, 0.3) is 5.56 Å². The lowest BCUT2D eigenvalue weighted by Gasteiger charge is -2.24. The predicted molar refractivity (Wildman–Crippen MR) is 71.0 cm³/mol. The summed E-state index contributed by atoms with van der Waals surface area (Å²) in [6, 6.07) is 3.65. The third-order valence-electron chi connectivity index (χ3n) is 2.52. The standard InChI is InChI=1S/C12H18N2OS/c1-5-14-9(12(2,3)4)7-6-8(10(13)16)11(14)15/h6-7H,5H2,1-4H3,(H2,13,16). The molecule has 3 nitrogen and oxygen atoms in total. The quantitative estimate of drug-likeness (QED) is 0.799. The van der Waals surface area contributed by atoms with Gasteiger partial charge in [0.15, 0.2) is 0 Å². The average molecular weight is 238 g/mol. The SMILES string of the molecule is CCn1c(C(C)(C)C)ccc(C(N)=S)c1=O. The van der Waals surface area contributed by atoms with Gasteiger partial charge < -0.3 is 10.3 Å². The lowest BCUT2D eigenvalue weighted by Crippen LogP contribution is -2.34. The van der Waals surface area contributed by atoms with Crippen LogP contribution in [0.15, 0.2) is 16.9 Å². The highest BCUT2D eigenvalue weighted by Crippen LogP contribution is 2.21. The van der Waals surface area contributed by atoms with Crippen molar-refractivity contribution in [1.29, 1.82) is 0 Å². The third-order valence-corrected chi connectivity index (χ3v) is 2.74. The molecule has 0 aliphatic carbocycles. The van der Waals surface area contributed by atoms with Gasteiger partial charge in [0.05, 0.1) is 5.56 Å². The molecule has 0 unspecified atom stereocenters. The summed E-state index contributed by atoms with van der Waals surface area (Å²) in [4.78, 5) is 12.3. The van der Waals surface area contributed by atoms with Crippen molar-refractivity contribution in [1.82, 2.24) is 4.57 Å². The lowest BCUT2D eigenvalue weighted by atomic mass is 9.90. The van der Waals surface area contributed by atoms with Crippen molar-refractivity contribution in [2.45, 2.75) is 39.7 Å². The van der Waals surface area contributed by atoms with Gasteiger partial charge in [-0.3, -0.25) is 4.79 Å². The van der Waals surface area contributed by atoms with Crippen LogP contribution < -0.4 is 11.3 Å². The summed E-state index contributed by atoms with van der Waals surface area (Å²) in [6.07, 6.45) is 0. The van der Waals surface area contributed by atoms with E-state index in [4.69, 9.17) is 18.0 Å². The van der Waals surface area contributed by atoms with Crippen LogP contribution in [0.2, 0.25) is 0 Å². The maximum Gasteiger partial charge on any atom is 0.261 e. The first-order chi connectivity index (χ1) is 7.29. The summed E-state index contributed by atoms with van der Waals surface area (Å²) in [5.74, 6) is 0. The Morgan fingerprint density at radius 2 is 2.00 bits per heavy atom. The van der Waals surface area contributed by atoms with Gasteiger partial charge in [0, 0.05) is 17.7 Å². The van der Waals surface area contributed by atoms with Gasteiger partial charge in [-0.2, -0.15) is 0 Å². The molecule has 0 spiro atoms. The average Bonchev–Trinajstić information content (AvgIpc) is 2.15. The zero-order valence-electron chi connectivity index (χ0n) is 10.2. The fourth-order valence-corrected chi connectivity index (χ4v) is 1.89. The first-order valence-corrected chi connectivity index (χ1v) is 5.74. The molecule has 0 aliphatic heterocycles. The van der Waals surface area contributed by atoms with Gasteiger partial charge in [0.2, 0.25) is 0 Å². The molecule has 1 rings (SSSR count). The Morgan fingerprint density at radius 3 is 2.38 bits per heavy atom. The molecule has 1 aromatic heterocycles. The van der Waals surface area contributed by atoms with E-state index in [9.17, 15) is 4.79 Å². The Labute approximate surface area is 101 Å². The number of nitrogens with zero attached hydrogens (tertiary/aromatic N) is 1. The molecular formula is C12H18N2OS. The number of thiocarbonyl (C=S) groups is 1. The third kappa shape index (κ3) is 2.32. The molecule has 4 heteroatoms. The van der Waals surface area contributed by atoms with Crippen molar-refractivity contribution in [3.8, 4) is 0 Å². The van der Waals surface area contributed by atoms with Gasteiger partial charge in [-0.15, -0.1) is 0 Å². The Hall–Kier alpha value is -1.16. The minimum atomic E-state index is -0.0950. The highest BCUT2D eigenvalue weighted by atomic mass is 32.1. The van der Waals surface area contributed by atoms with Crippen LogP contribution in [0.3, 0.4) is 0 Å². The summed E-state index contributed by atoms with van der Waals surface area (Å²) >= 11 is 4.86. The van der Waals surface area contributed by atoms with Crippen LogP contribution >= 0.6 is 12.2 Å². The van der Waals surface area contributed by atoms with E-state index in [1.165, 1.54) is 0 Å². The topological polar surface area (TPSA) is 48.0 Å². The van der Waals surface area contributed by atoms with Crippen LogP contribution in [-0.2, 0) is 12.0 Å². The first-order valence-electron chi connectivity index (χ1n) is 5.33. The van der Waals surface area contributed by atoms with Crippen molar-refractivity contribution in [3.05, 3.63) is 33.7 Å². The molecule has 88 valence electrons. The minimum absolute atomic E-state index is 0.0656. The molecule has 1 heterocycles. The Morgan fingerprint density at radius 1 is 1.44 bits per heavy atom. The number of pyridine rings is 1. The highest BCUT2D eigenvalue weighted by Gasteiger charge is 2.19. The number of hydrogen-bond acceptors (Lipinski definition) is 2. The summed E-state index contributed by atoms with van der Waals surface area (Å²) in [6.45, 7) is 8.80. The molecule has 0 fully saturated rings. The molecule has 0 aromatic carbocycles. The molecule has 0 atom stereocenters. The van der Waals surface area contributed by atoms with E-state index in [1.807, 2.05) is 13.0 Å². The van der Waals surface area contributed by atoms with E-state index < -0.39 is 0 Å². The van der Waals surface area contributed by atoms with Crippen LogP contribution in [0.1, 0.15) is 39.0 Å². The number of rotatable bonds is 2. The normalized spacial score (nSPS) is 11.5. The van der Waals surface area contributed by atoms with Crippen LogP contribution in [0, 0.1) is 0 Å². The van der Waals surface area contributed by atoms with Gasteiger partial charge in [-0.05, 0) is 19.1 Å². The number of aromatic nitrogens is 1. The Kier molecular flexibility index (Phi) is 3.53. The van der Waals surface area contributed by atoms with E-state index in [0.29, 0.717) is 12.1 Å². The van der Waals surface area contributed by atoms with Crippen LogP contribution in [0.25, 0.3) is 0 Å². The molecule has 0 saturated heterocycles. The first kappa shape index (κ1) is 12.9. The van der Waals surface area contributed by atoms with E-state index in [2.05, 4.69) is 20.8 Å². The van der Waals surface area contributed by atoms with Gasteiger partial charge >= 0.3 is 0 Å². The molecule has 0 saturated carbocycles. The van der Waals surface area contributed by atoms with Gasteiger partial charge in [0.1, 0.15) is 4.99 Å². The van der Waals surface area contributed by atoms with E-state index in [-0.39, 0.29) is 16.0 Å². The van der Waals surface area contributed by atoms with Crippen molar-refractivity contribution in [2.75, 3.05) is 0 Å². The van der Waals surface area contributed by atoms with Crippen LogP contribution in [0.4, 0.5) is 0 Å². The summed E-state index contributed by atoms with van der Waals surface area (Å²) < 4.78 is 1.73. The van der Waals surface area contributed by atoms with E-state index in [0.717, 1.165) is 5.69 Å². The van der Waals surface area contributed by atoms with Crippen molar-refractivity contribution in [3.63, 3.8) is 0 Å². The minimum Gasteiger partial charge on any atom is -0.389 e. The molecular weight excluding hydrogens is 220 g/mol. The Balaban J connectivity index is 3.54. The fraction of sp³-hybridized carbons (Fsp3) is 0.500. The Bertz CT molecular complexity index is 469. The maximum atomic E-state index is 12.1. The van der Waals surface area contributed by atoms with Crippen LogP contribution in [0.5, 0.6) is 0 Å². The number of nitrogens with two attached hydrogens (primary N) is 1. The molecule has 0 bridgehead atoms. The summed E-state index contributed by atoms with van der Waals surface area (Å²) in [5.41, 5.74) is 6.78. The molecule has 0 radical (unpaired) electrons. The zero-order chi connectivity index (χ0) is 12.5. The maximum absolute atomic E-state index is 12.1. The fourth-order valence-electron chi connectivity index (χ4n) is 1.73. The predicted octanol–water partition coefficient (Wildman–Crippen LogP) is 1.80. The lowest BCUT2D eigenvalue weighted by molar-refractivity contribution is 0.511. The molecule has 0 aliphatic rings. The monoisotopic (exact) mass is 238 g/mol. The van der Waals surface area contributed by atoms with Gasteiger partial charge in [-0.1, -0.05) is 33.0 Å². The second-order valence-electron chi connectivity index (χ2n) is 4.80. The second kappa shape index (κ2) is 4.37. The molecule has 16 heavy (non-hydrogen) atoms. The molecule has 1 aromatic rings. The highest BCUT2D eigenvalue weighted by molar-refractivity contribution is 7.80. The van der Waals surface area contributed by atoms with E-state index in [1.54, 1.807) is 10.6 Å². The van der Waals surface area contributed by atoms with Crippen LogP contribution in [-0.4, -0.2) is 9.56 Å². The number of hydrogen-bond donors (Lipinski definition) is 1. The summed E-state index contributed by atoms with van der Waals surface area (Å²) in [7, 11) is 0. The van der Waals surface area contributed by atoms with Gasteiger partial charge in [-0.25, -0.2) is 0 Å². The molecule has 0 amide bonds. The van der Waals surface area contributed by atoms with Crippen molar-refractivity contribution < 1.29 is 0 Å². The smallest absolute Gasteiger partial charge is 0.261 e. The summed E-state index contributed by atoms with van der Waals surface area (Å²) in [5, 5.41) is 0. The van der Waals surface area contributed by atoms with Crippen molar-refractivity contribution in [2.24, 2.45) is 5.73 Å². The largest absolute Gasteiger partial charge is 0.389 e. The van der Waals surface area contributed by atoms with Crippen molar-refractivity contribution >= 4 is 17.2 Å².